The number of methoxy groups -OCH3 is 1. The molecule has 10 nitrogen and oxygen atoms in total. The Morgan fingerprint density at radius 3 is 1.91 bits per heavy atom. The van der Waals surface area contributed by atoms with Gasteiger partial charge in [0.15, 0.2) is 0 Å². The number of halogens is 1. The maximum Gasteiger partial charge on any atom is 0.416 e. The Balaban J connectivity index is 1.81. The Morgan fingerprint density at radius 1 is 0.891 bits per heavy atom. The van der Waals surface area contributed by atoms with E-state index in [0.29, 0.717) is 17.0 Å². The molecule has 0 aliphatic heterocycles. The van der Waals surface area contributed by atoms with E-state index in [-0.39, 0.29) is 30.2 Å². The summed E-state index contributed by atoms with van der Waals surface area (Å²) in [5.74, 6) is -1.29. The van der Waals surface area contributed by atoms with E-state index < -0.39 is 59.3 Å². The number of ether oxygens (including phenoxy) is 1. The fourth-order valence-electron chi connectivity index (χ4n) is 5.26. The number of hydrogen-bond acceptors (Lipinski definition) is 8. The summed E-state index contributed by atoms with van der Waals surface area (Å²) in [5, 5.41) is 10.3. The van der Waals surface area contributed by atoms with Gasteiger partial charge in [-0.2, -0.15) is 4.31 Å². The second-order valence-electron chi connectivity index (χ2n) is 11.6. The molecule has 0 radical (unpaired) electrons. The average Bonchev–Trinajstić information content (AvgIpc) is 3.05. The van der Waals surface area contributed by atoms with Gasteiger partial charge < -0.3 is 21.3 Å². The molecular weight excluding hydrogens is 611 g/mol. The fraction of sp³-hybridized carbons (Fsp3) is 0.412. The Kier molecular flexibility index (Phi) is 13.7. The monoisotopic (exact) mass is 656 g/mol. The molecule has 0 saturated carbocycles. The molecule has 3 aromatic carbocycles. The number of nitrogens with zero attached hydrogens (tertiary/aromatic N) is 2. The van der Waals surface area contributed by atoms with Crippen molar-refractivity contribution < 1.29 is 32.2 Å². The van der Waals surface area contributed by atoms with Crippen LogP contribution in [-0.4, -0.2) is 79.8 Å². The van der Waals surface area contributed by atoms with Crippen LogP contribution >= 0.6 is 0 Å². The molecule has 0 unspecified atom stereocenters. The van der Waals surface area contributed by atoms with Gasteiger partial charge in [-0.05, 0) is 60.6 Å². The van der Waals surface area contributed by atoms with Crippen LogP contribution in [0.3, 0.4) is 0 Å². The number of rotatable bonds is 16. The van der Waals surface area contributed by atoms with Crippen molar-refractivity contribution in [3.8, 4) is 0 Å². The maximum atomic E-state index is 15.7. The summed E-state index contributed by atoms with van der Waals surface area (Å²) in [5.41, 5.74) is 14.1. The van der Waals surface area contributed by atoms with Crippen molar-refractivity contribution in [2.75, 3.05) is 32.5 Å². The van der Waals surface area contributed by atoms with Crippen LogP contribution in [-0.2, 0) is 19.6 Å². The summed E-state index contributed by atoms with van der Waals surface area (Å²) >= 11 is 0. The van der Waals surface area contributed by atoms with Gasteiger partial charge in [0.1, 0.15) is 6.17 Å². The summed E-state index contributed by atoms with van der Waals surface area (Å²) in [4.78, 5) is 27.2. The Bertz CT molecular complexity index is 1450. The molecule has 0 fully saturated rings. The third kappa shape index (κ3) is 9.58. The first-order valence-corrected chi connectivity index (χ1v) is 16.7. The average molecular weight is 657 g/mol. The fourth-order valence-corrected chi connectivity index (χ4v) is 6.92. The molecule has 0 saturated heterocycles. The van der Waals surface area contributed by atoms with Gasteiger partial charge in [-0.1, -0.05) is 74.5 Å². The van der Waals surface area contributed by atoms with Crippen LogP contribution in [0.4, 0.5) is 14.9 Å². The van der Waals surface area contributed by atoms with Crippen LogP contribution in [0.15, 0.2) is 89.8 Å². The number of carbonyl (C=O) groups is 2. The Labute approximate surface area is 271 Å². The maximum absolute atomic E-state index is 15.7. The highest BCUT2D eigenvalue weighted by atomic mass is 32.2. The number of amides is 2. The smallest absolute Gasteiger partial charge is 0.416 e. The number of nitrogens with two attached hydrogens (primary N) is 2. The van der Waals surface area contributed by atoms with Crippen LogP contribution in [0, 0.1) is 5.92 Å². The van der Waals surface area contributed by atoms with E-state index in [0.717, 1.165) is 18.2 Å². The normalized spacial score (nSPS) is 13.8. The zero-order chi connectivity index (χ0) is 33.9. The summed E-state index contributed by atoms with van der Waals surface area (Å²) in [7, 11) is -2.97. The van der Waals surface area contributed by atoms with E-state index in [4.69, 9.17) is 16.2 Å². The largest absolute Gasteiger partial charge is 0.452 e. The number of nitrogen functional groups attached to an aromatic ring is 1. The summed E-state index contributed by atoms with van der Waals surface area (Å²) < 4.78 is 48.9. The zero-order valence-corrected chi connectivity index (χ0v) is 27.4. The van der Waals surface area contributed by atoms with Crippen molar-refractivity contribution in [2.24, 2.45) is 11.7 Å². The highest BCUT2D eigenvalue weighted by molar-refractivity contribution is 7.89. The topological polar surface area (TPSA) is 156 Å². The third-order valence-electron chi connectivity index (χ3n) is 7.85. The van der Waals surface area contributed by atoms with Gasteiger partial charge >= 0.3 is 6.09 Å². The predicted octanol–water partition coefficient (Wildman–Crippen LogP) is 4.54. The quantitative estimate of drug-likeness (QED) is 0.190. The van der Waals surface area contributed by atoms with E-state index in [9.17, 15) is 23.1 Å². The molecule has 0 aromatic heterocycles. The molecule has 3 rings (SSSR count). The van der Waals surface area contributed by atoms with Gasteiger partial charge in [-0.25, -0.2) is 22.5 Å². The lowest BCUT2D eigenvalue weighted by atomic mass is 9.85. The lowest BCUT2D eigenvalue weighted by molar-refractivity contribution is -0.131. The minimum Gasteiger partial charge on any atom is -0.452 e. The van der Waals surface area contributed by atoms with Crippen molar-refractivity contribution in [1.82, 2.24) is 9.21 Å². The molecule has 3 atom stereocenters. The van der Waals surface area contributed by atoms with Gasteiger partial charge in [0.2, 0.25) is 15.9 Å². The van der Waals surface area contributed by atoms with Gasteiger partial charge in [0, 0.05) is 24.2 Å². The van der Waals surface area contributed by atoms with Crippen LogP contribution in [0.1, 0.15) is 50.2 Å². The molecule has 2 amide bonds. The number of alkyl halides is 1. The van der Waals surface area contributed by atoms with Crippen LogP contribution < -0.4 is 11.5 Å². The molecule has 0 aliphatic carbocycles. The molecule has 0 spiro atoms. The lowest BCUT2D eigenvalue weighted by Crippen LogP contribution is -2.51. The number of imide groups is 1. The minimum atomic E-state index is -4.06. The van der Waals surface area contributed by atoms with Crippen molar-refractivity contribution in [1.29, 1.82) is 0 Å². The van der Waals surface area contributed by atoms with Gasteiger partial charge in [0.25, 0.3) is 0 Å². The summed E-state index contributed by atoms with van der Waals surface area (Å²) in [6.45, 7) is 2.78. The molecule has 3 aromatic rings. The highest BCUT2D eigenvalue weighted by Gasteiger charge is 2.36. The molecule has 0 heterocycles. The van der Waals surface area contributed by atoms with E-state index in [1.807, 2.05) is 74.5 Å². The van der Waals surface area contributed by atoms with Crippen LogP contribution in [0.25, 0.3) is 0 Å². The number of hydrogen-bond donors (Lipinski definition) is 3. The van der Waals surface area contributed by atoms with Crippen molar-refractivity contribution in [2.45, 2.75) is 62.2 Å². The summed E-state index contributed by atoms with van der Waals surface area (Å²) in [6.07, 6.45) is -2.64. The molecule has 5 N–H and O–H groups in total. The Morgan fingerprint density at radius 2 is 1.43 bits per heavy atom. The second-order valence-corrected chi connectivity index (χ2v) is 13.5. The number of anilines is 1. The first-order valence-electron chi connectivity index (χ1n) is 15.3. The predicted molar refractivity (Wildman–Crippen MR) is 176 cm³/mol. The molecule has 0 bridgehead atoms. The SMILES string of the molecule is COC(=O)N(C[C@@H](F)CC[C@@H](CO)N(CCC(C)C)S(=O)(=O)c1ccc(N)cc1)C(=O)[C@@H](N)C(c1ccccc1)c1ccccc1. The van der Waals surface area contributed by atoms with E-state index >= 15 is 4.39 Å². The first kappa shape index (κ1) is 36.6. The zero-order valence-electron chi connectivity index (χ0n) is 26.5. The second kappa shape index (κ2) is 17.2. The molecule has 0 aliphatic rings. The molecule has 12 heteroatoms. The van der Waals surface area contributed by atoms with Crippen LogP contribution in [0.2, 0.25) is 0 Å². The van der Waals surface area contributed by atoms with Crippen molar-refractivity contribution in [3.05, 3.63) is 96.1 Å². The standard InChI is InChI=1S/C34H45FN4O6S/c1-24(2)20-21-39(46(43,44)30-18-15-28(36)16-19-30)29(23-40)17-14-27(35)22-38(34(42)45-3)33(41)32(37)31(25-10-6-4-7-11-25)26-12-8-5-9-13-26/h4-13,15-16,18-19,24,27,29,31-32,40H,14,17,20-23,36-37H2,1-3H3/t27-,29-,32-/m0/s1. The van der Waals surface area contributed by atoms with Gasteiger partial charge in [0.05, 0.1) is 31.2 Å². The summed E-state index contributed by atoms with van der Waals surface area (Å²) in [6, 6.07) is 21.7. The van der Waals surface area contributed by atoms with E-state index in [2.05, 4.69) is 0 Å². The lowest BCUT2D eigenvalue weighted by Gasteiger charge is -2.31. The van der Waals surface area contributed by atoms with Crippen molar-refractivity contribution in [3.63, 3.8) is 0 Å². The minimum absolute atomic E-state index is 0.00328. The number of aliphatic hydroxyl groups is 1. The van der Waals surface area contributed by atoms with E-state index in [1.165, 1.54) is 28.6 Å². The molecule has 250 valence electrons. The third-order valence-corrected chi connectivity index (χ3v) is 9.81. The number of carbonyl (C=O) groups excluding carboxylic acids is 2. The van der Waals surface area contributed by atoms with Gasteiger partial charge in [-0.15, -0.1) is 0 Å². The van der Waals surface area contributed by atoms with Crippen molar-refractivity contribution >= 4 is 27.7 Å². The number of sulfonamides is 1. The molecular formula is C34H45FN4O6S. The highest BCUT2D eigenvalue weighted by Crippen LogP contribution is 2.29. The van der Waals surface area contributed by atoms with Gasteiger partial charge in [-0.3, -0.25) is 4.79 Å². The number of aliphatic hydroxyl groups excluding tert-OH is 1. The Hall–Kier alpha value is -3.84. The first-order chi connectivity index (χ1) is 21.9. The van der Waals surface area contributed by atoms with Crippen LogP contribution in [0.5, 0.6) is 0 Å². The number of benzene rings is 3. The van der Waals surface area contributed by atoms with E-state index in [1.54, 1.807) is 0 Å². The molecule has 46 heavy (non-hydrogen) atoms.